The van der Waals surface area contributed by atoms with Crippen LogP contribution < -0.4 is 21.7 Å². The lowest BCUT2D eigenvalue weighted by atomic mass is 10.0. The number of anilines is 3. The van der Waals surface area contributed by atoms with Crippen LogP contribution in [-0.4, -0.2) is 60.1 Å². The van der Waals surface area contributed by atoms with E-state index in [9.17, 15) is 22.8 Å². The summed E-state index contributed by atoms with van der Waals surface area (Å²) in [6.07, 6.45) is 0.449. The Hall–Kier alpha value is -4.26. The Morgan fingerprint density at radius 2 is 1.88 bits per heavy atom. The molecule has 5 N–H and O–H groups in total. The van der Waals surface area contributed by atoms with Gasteiger partial charge in [0.2, 0.25) is 11.8 Å². The second-order valence-corrected chi connectivity index (χ2v) is 10.2. The molecule has 0 aliphatic carbocycles. The average molecular weight is 581 g/mol. The number of para-hydroxylation sites is 2. The van der Waals surface area contributed by atoms with Crippen LogP contribution in [0.5, 0.6) is 0 Å². The number of ether oxygens (including phenoxy) is 1. The van der Waals surface area contributed by atoms with Crippen LogP contribution in [0.15, 0.2) is 72.9 Å². The minimum Gasteiger partial charge on any atom is -0.397 e. The summed E-state index contributed by atoms with van der Waals surface area (Å²) in [6, 6.07) is 15.6. The summed E-state index contributed by atoms with van der Waals surface area (Å²) in [5.41, 5.74) is 7.31. The number of hydrogen-bond donors (Lipinski definition) is 4. The van der Waals surface area contributed by atoms with Gasteiger partial charge in [-0.2, -0.15) is 13.2 Å². The Labute approximate surface area is 240 Å². The van der Waals surface area contributed by atoms with Crippen LogP contribution in [0.2, 0.25) is 0 Å². The number of carbonyl (C=O) groups is 2. The van der Waals surface area contributed by atoms with Gasteiger partial charge in [0, 0.05) is 37.9 Å². The molecule has 2 aromatic carbocycles. The van der Waals surface area contributed by atoms with Crippen LogP contribution in [0.3, 0.4) is 0 Å². The number of aromatic nitrogens is 1. The molecule has 2 amide bonds. The number of carbonyl (C=O) groups excluding carboxylic acids is 2. The standard InChI is InChI=1S/C30H31F3N6O3/c31-30(32,33)21-10-11-26(36-16-21)38-29(41)28(35-13-14-39-17-23-15-22(39)18-42-23)20-8-5-19(6-9-20)7-12-27(40)37-25-4-2-1-3-24(25)34/h1-12,16,22-23,28,35H,13-15,17-18,34H2,(H,37,40)(H,36,38,41)/b12-7+/t22-,23-,28?/m1/s1. The second kappa shape index (κ2) is 12.7. The van der Waals surface area contributed by atoms with Crippen LogP contribution in [0.4, 0.5) is 30.4 Å². The van der Waals surface area contributed by atoms with Gasteiger partial charge in [-0.05, 0) is 47.9 Å². The molecule has 0 radical (unpaired) electrons. The maximum absolute atomic E-state index is 13.3. The Morgan fingerprint density at radius 3 is 2.52 bits per heavy atom. The van der Waals surface area contributed by atoms with E-state index in [0.717, 1.165) is 30.7 Å². The number of amides is 2. The van der Waals surface area contributed by atoms with Crippen molar-refractivity contribution in [3.05, 3.63) is 89.6 Å². The van der Waals surface area contributed by atoms with Crippen LogP contribution in [0.25, 0.3) is 6.08 Å². The minimum absolute atomic E-state index is 0.0124. The third-order valence-corrected chi connectivity index (χ3v) is 7.28. The SMILES string of the molecule is Nc1ccccc1NC(=O)/C=C/c1ccc(C(NCCN2C[C@H]3C[C@@H]2CO3)C(=O)Nc2ccc(C(F)(F)F)cn2)cc1. The van der Waals surface area contributed by atoms with Crippen LogP contribution in [-0.2, 0) is 20.5 Å². The number of fused-ring (bicyclic) bond motifs is 2. The Balaban J connectivity index is 1.25. The van der Waals surface area contributed by atoms with Crippen molar-refractivity contribution in [3.8, 4) is 0 Å². The second-order valence-electron chi connectivity index (χ2n) is 10.2. The number of benzene rings is 2. The lowest BCUT2D eigenvalue weighted by Gasteiger charge is -2.27. The molecule has 0 saturated carbocycles. The molecule has 1 aromatic heterocycles. The number of rotatable bonds is 10. The fraction of sp³-hybridized carbons (Fsp3) is 0.300. The van der Waals surface area contributed by atoms with Gasteiger partial charge in [-0.15, -0.1) is 0 Å². The van der Waals surface area contributed by atoms with Crippen LogP contribution >= 0.6 is 0 Å². The fourth-order valence-electron chi connectivity index (χ4n) is 5.06. The van der Waals surface area contributed by atoms with Gasteiger partial charge in [-0.1, -0.05) is 36.4 Å². The first-order valence-electron chi connectivity index (χ1n) is 13.5. The molecule has 5 rings (SSSR count). The number of hydrogen-bond acceptors (Lipinski definition) is 7. The first-order valence-corrected chi connectivity index (χ1v) is 13.5. The van der Waals surface area contributed by atoms with Crippen molar-refractivity contribution in [2.45, 2.75) is 30.8 Å². The Morgan fingerprint density at radius 1 is 1.10 bits per heavy atom. The molecule has 2 fully saturated rings. The van der Waals surface area contributed by atoms with Crippen LogP contribution in [0, 0.1) is 0 Å². The molecular weight excluding hydrogens is 549 g/mol. The van der Waals surface area contributed by atoms with Crippen LogP contribution in [0.1, 0.15) is 29.2 Å². The number of nitrogens with one attached hydrogen (secondary N) is 3. The molecule has 12 heteroatoms. The van der Waals surface area contributed by atoms with E-state index in [2.05, 4.69) is 25.8 Å². The topological polar surface area (TPSA) is 122 Å². The third-order valence-electron chi connectivity index (χ3n) is 7.28. The highest BCUT2D eigenvalue weighted by molar-refractivity contribution is 6.03. The van der Waals surface area contributed by atoms with E-state index in [1.54, 1.807) is 54.6 Å². The maximum Gasteiger partial charge on any atom is 0.417 e. The summed E-state index contributed by atoms with van der Waals surface area (Å²) >= 11 is 0. The molecule has 2 aliphatic heterocycles. The minimum atomic E-state index is -4.52. The van der Waals surface area contributed by atoms with Crippen molar-refractivity contribution in [2.75, 3.05) is 42.6 Å². The summed E-state index contributed by atoms with van der Waals surface area (Å²) in [4.78, 5) is 31.7. The zero-order chi connectivity index (χ0) is 29.7. The van der Waals surface area contributed by atoms with Gasteiger partial charge in [-0.3, -0.25) is 14.5 Å². The zero-order valence-corrected chi connectivity index (χ0v) is 22.6. The highest BCUT2D eigenvalue weighted by atomic mass is 19.4. The molecule has 42 heavy (non-hydrogen) atoms. The normalized spacial score (nSPS) is 19.2. The molecule has 3 heterocycles. The van der Waals surface area contributed by atoms with Crippen molar-refractivity contribution >= 4 is 35.1 Å². The van der Waals surface area contributed by atoms with Crippen molar-refractivity contribution in [3.63, 3.8) is 0 Å². The number of nitrogens with zero attached hydrogens (tertiary/aromatic N) is 2. The van der Waals surface area contributed by atoms with Crippen molar-refractivity contribution in [1.82, 2.24) is 15.2 Å². The summed E-state index contributed by atoms with van der Waals surface area (Å²) in [7, 11) is 0. The van der Waals surface area contributed by atoms with E-state index in [1.807, 2.05) is 0 Å². The molecule has 220 valence electrons. The number of nitrogen functional groups attached to an aromatic ring is 1. The number of likely N-dealkylation sites (tertiary alicyclic amines) is 1. The van der Waals surface area contributed by atoms with E-state index in [-0.39, 0.29) is 17.8 Å². The summed E-state index contributed by atoms with van der Waals surface area (Å²) in [5, 5.41) is 8.62. The fourth-order valence-corrected chi connectivity index (χ4v) is 5.06. The lowest BCUT2D eigenvalue weighted by Crippen LogP contribution is -2.43. The van der Waals surface area contributed by atoms with E-state index < -0.39 is 23.7 Å². The zero-order valence-electron chi connectivity index (χ0n) is 22.6. The highest BCUT2D eigenvalue weighted by Crippen LogP contribution is 2.29. The van der Waals surface area contributed by atoms with Gasteiger partial charge in [0.05, 0.1) is 29.6 Å². The predicted octanol–water partition coefficient (Wildman–Crippen LogP) is 4.08. The van der Waals surface area contributed by atoms with Gasteiger partial charge in [0.25, 0.3) is 0 Å². The monoisotopic (exact) mass is 580 g/mol. The summed E-state index contributed by atoms with van der Waals surface area (Å²) in [5.74, 6) is -0.795. The molecular formula is C30H31F3N6O3. The summed E-state index contributed by atoms with van der Waals surface area (Å²) < 4.78 is 44.4. The number of halogens is 3. The highest BCUT2D eigenvalue weighted by Gasteiger charge is 2.38. The molecule has 9 nitrogen and oxygen atoms in total. The van der Waals surface area contributed by atoms with Gasteiger partial charge in [0.1, 0.15) is 11.9 Å². The number of alkyl halides is 3. The smallest absolute Gasteiger partial charge is 0.397 e. The lowest BCUT2D eigenvalue weighted by molar-refractivity contribution is -0.137. The number of morpholine rings is 1. The molecule has 2 bridgehead atoms. The van der Waals surface area contributed by atoms with E-state index >= 15 is 0 Å². The van der Waals surface area contributed by atoms with Gasteiger partial charge >= 0.3 is 6.18 Å². The average Bonchev–Trinajstić information content (AvgIpc) is 3.59. The molecule has 1 unspecified atom stereocenters. The Bertz CT molecular complexity index is 1430. The largest absolute Gasteiger partial charge is 0.417 e. The van der Waals surface area contributed by atoms with Gasteiger partial charge in [0.15, 0.2) is 0 Å². The van der Waals surface area contributed by atoms with Gasteiger partial charge in [-0.25, -0.2) is 4.98 Å². The first kappa shape index (κ1) is 29.2. The van der Waals surface area contributed by atoms with Crippen molar-refractivity contribution in [2.24, 2.45) is 0 Å². The molecule has 3 atom stereocenters. The maximum atomic E-state index is 13.3. The third kappa shape index (κ3) is 7.32. The molecule has 0 spiro atoms. The number of nitrogens with two attached hydrogens (primary N) is 1. The summed E-state index contributed by atoms with van der Waals surface area (Å²) in [6.45, 7) is 2.78. The van der Waals surface area contributed by atoms with Crippen molar-refractivity contribution < 1.29 is 27.5 Å². The Kier molecular flexibility index (Phi) is 8.86. The van der Waals surface area contributed by atoms with E-state index in [1.165, 1.54) is 6.08 Å². The van der Waals surface area contributed by atoms with E-state index in [4.69, 9.17) is 10.5 Å². The van der Waals surface area contributed by atoms with Gasteiger partial charge < -0.3 is 26.4 Å². The first-order chi connectivity index (χ1) is 20.2. The molecule has 3 aromatic rings. The quantitative estimate of drug-likeness (QED) is 0.211. The molecule has 2 saturated heterocycles. The van der Waals surface area contributed by atoms with Crippen molar-refractivity contribution in [1.29, 1.82) is 0 Å². The van der Waals surface area contributed by atoms with E-state index in [0.29, 0.717) is 48.9 Å². The number of pyridine rings is 1. The molecule has 2 aliphatic rings. The predicted molar refractivity (Wildman–Crippen MR) is 153 cm³/mol.